The molecule has 0 unspecified atom stereocenters. The number of hydrogen-bond donors (Lipinski definition) is 5. The maximum Gasteiger partial charge on any atom is 0.407 e. The molecule has 6 aromatic rings. The van der Waals surface area contributed by atoms with Crippen LogP contribution < -0.4 is 16.0 Å². The maximum atomic E-state index is 12.5. The first kappa shape index (κ1) is 64.7. The van der Waals surface area contributed by atoms with Gasteiger partial charge in [-0.15, -0.1) is 23.5 Å². The Morgan fingerprint density at radius 2 is 0.671 bits per heavy atom. The number of carbonyl (C=O) groups excluding carboxylic acids is 3. The van der Waals surface area contributed by atoms with Crippen LogP contribution in [0.2, 0.25) is 0 Å². The van der Waals surface area contributed by atoms with E-state index in [9.17, 15) is 24.6 Å². The average molecular weight is 1190 g/mol. The van der Waals surface area contributed by atoms with E-state index < -0.39 is 50.7 Å². The topological polar surface area (TPSA) is 168 Å². The lowest BCUT2D eigenvalue weighted by molar-refractivity contribution is 0.0447. The molecule has 85 heavy (non-hydrogen) atoms. The van der Waals surface area contributed by atoms with Gasteiger partial charge in [0.15, 0.2) is 0 Å². The lowest BCUT2D eigenvalue weighted by Gasteiger charge is -2.42. The molecule has 3 saturated carbocycles. The summed E-state index contributed by atoms with van der Waals surface area (Å²) in [5.74, 6) is 0. The van der Waals surface area contributed by atoms with Crippen molar-refractivity contribution in [3.05, 3.63) is 215 Å². The van der Waals surface area contributed by atoms with E-state index in [4.69, 9.17) is 18.9 Å². The highest BCUT2D eigenvalue weighted by Crippen LogP contribution is 2.54. The number of aliphatic hydroxyl groups is 2. The van der Waals surface area contributed by atoms with E-state index in [1.807, 2.05) is 110 Å². The van der Waals surface area contributed by atoms with Crippen LogP contribution in [0.25, 0.3) is 0 Å². The number of aliphatic hydroxyl groups excluding tert-OH is 2. The van der Waals surface area contributed by atoms with Gasteiger partial charge >= 0.3 is 18.3 Å². The summed E-state index contributed by atoms with van der Waals surface area (Å²) < 4.78 is 20.5. The third-order valence-electron chi connectivity index (χ3n) is 15.4. The quantitative estimate of drug-likeness (QED) is 0.0424. The van der Waals surface area contributed by atoms with Gasteiger partial charge in [0, 0.05) is 28.6 Å². The van der Waals surface area contributed by atoms with Gasteiger partial charge in [-0.3, -0.25) is 0 Å². The van der Waals surface area contributed by atoms with Gasteiger partial charge in [-0.25, -0.2) is 14.4 Å². The SMILES string of the molecule is CC(C)(C)OC(=O)N[C@@H]1CC[C@@H](SC(c2ccccc2)(c2ccccc2)c2ccccc2)[C@H](O)C1.CC(C)(C)OC(=O)N[C@@H]1CC[C@@H]2O[C@@H]2C1.CC(C)(C)OC(=O)N[C@@H]1CC[C@H](O)[C@@H](SC(c2ccccc2)(c2ccccc2)c2ccccc2)C1. The largest absolute Gasteiger partial charge is 0.444 e. The van der Waals surface area contributed by atoms with Crippen molar-refractivity contribution in [3.63, 3.8) is 0 Å². The molecule has 10 rings (SSSR count). The van der Waals surface area contributed by atoms with Crippen molar-refractivity contribution < 1.29 is 43.5 Å². The molecule has 3 amide bonds. The Morgan fingerprint density at radius 3 is 0.988 bits per heavy atom. The molecule has 4 aliphatic rings. The first-order chi connectivity index (χ1) is 40.5. The number of benzene rings is 6. The van der Waals surface area contributed by atoms with Crippen LogP contribution in [0.3, 0.4) is 0 Å². The fourth-order valence-corrected chi connectivity index (χ4v) is 15.3. The standard InChI is InChI=1S/2C30H35NO3S.C11H19NO3/c1-29(2,3)34-28(33)31-25-19-20-27(26(32)21-25)35-30(22-13-7-4-8-14-22,23-15-9-5-10-16-23)24-17-11-6-12-18-24;1-29(2,3)34-28(33)31-25-19-20-26(32)27(21-25)35-30(22-13-7-4-8-14-22,23-15-9-5-10-16-23)24-17-11-6-12-18-24;1-11(2,3)15-10(13)12-7-4-5-8-9(6-7)14-8/h2*4-18,25-27,32H,19-21H2,1-3H3,(H,31,33);7-9H,4-6H2,1-3H3,(H,12,13)/t25-,26-,27-;25-,26+,27+;7-,8+,9-/m111/s1. The third kappa shape index (κ3) is 18.4. The molecule has 3 aliphatic carbocycles. The van der Waals surface area contributed by atoms with Crippen LogP contribution in [0, 0.1) is 0 Å². The second-order valence-corrected chi connectivity index (χ2v) is 28.6. The van der Waals surface area contributed by atoms with Gasteiger partial charge in [-0.1, -0.05) is 182 Å². The van der Waals surface area contributed by atoms with Crippen molar-refractivity contribution in [1.29, 1.82) is 0 Å². The molecule has 6 aromatic carbocycles. The van der Waals surface area contributed by atoms with E-state index in [0.29, 0.717) is 31.5 Å². The molecule has 1 heterocycles. The highest BCUT2D eigenvalue weighted by molar-refractivity contribution is 8.01. The number of alkyl carbamates (subject to hydrolysis) is 3. The number of amides is 3. The van der Waals surface area contributed by atoms with Crippen LogP contribution in [0.4, 0.5) is 14.4 Å². The number of fused-ring (bicyclic) bond motifs is 1. The van der Waals surface area contributed by atoms with E-state index in [0.717, 1.165) is 55.2 Å². The van der Waals surface area contributed by atoms with Crippen molar-refractivity contribution >= 4 is 41.8 Å². The number of hydrogen-bond acceptors (Lipinski definition) is 11. The van der Waals surface area contributed by atoms with Gasteiger partial charge in [0.05, 0.1) is 33.9 Å². The summed E-state index contributed by atoms with van der Waals surface area (Å²) in [5, 5.41) is 31.2. The zero-order valence-corrected chi connectivity index (χ0v) is 52.6. The molecule has 14 heteroatoms. The van der Waals surface area contributed by atoms with Crippen molar-refractivity contribution in [1.82, 2.24) is 16.0 Å². The van der Waals surface area contributed by atoms with Gasteiger partial charge in [0.25, 0.3) is 0 Å². The lowest BCUT2D eigenvalue weighted by Crippen LogP contribution is -2.46. The molecule has 12 nitrogen and oxygen atoms in total. The van der Waals surface area contributed by atoms with E-state index in [1.54, 1.807) is 11.8 Å². The molecule has 0 bridgehead atoms. The minimum atomic E-state index is -0.552. The third-order valence-corrected chi connectivity index (χ3v) is 19.2. The second kappa shape index (κ2) is 28.9. The molecule has 0 radical (unpaired) electrons. The first-order valence-corrected chi connectivity index (χ1v) is 31.9. The average Bonchev–Trinajstić information content (AvgIpc) is 2.35. The van der Waals surface area contributed by atoms with Crippen LogP contribution in [0.15, 0.2) is 182 Å². The van der Waals surface area contributed by atoms with Crippen LogP contribution in [0.5, 0.6) is 0 Å². The number of carbonyl (C=O) groups is 3. The summed E-state index contributed by atoms with van der Waals surface area (Å²) in [6, 6.07) is 63.2. The number of thioether (sulfide) groups is 2. The summed E-state index contributed by atoms with van der Waals surface area (Å²) in [5.41, 5.74) is 5.53. The Morgan fingerprint density at radius 1 is 0.376 bits per heavy atom. The highest BCUT2D eigenvalue weighted by atomic mass is 32.2. The summed E-state index contributed by atoms with van der Waals surface area (Å²) in [6.07, 6.45) is 5.82. The van der Waals surface area contributed by atoms with Crippen LogP contribution in [-0.4, -0.2) is 98.3 Å². The maximum absolute atomic E-state index is 12.5. The van der Waals surface area contributed by atoms with Gasteiger partial charge in [0.1, 0.15) is 16.8 Å². The Balaban J connectivity index is 0.000000179. The predicted molar refractivity (Wildman–Crippen MR) is 343 cm³/mol. The number of nitrogens with one attached hydrogen (secondary N) is 3. The van der Waals surface area contributed by atoms with E-state index in [-0.39, 0.29) is 34.7 Å². The highest BCUT2D eigenvalue weighted by Gasteiger charge is 2.46. The summed E-state index contributed by atoms with van der Waals surface area (Å²) in [4.78, 5) is 36.2. The predicted octanol–water partition coefficient (Wildman–Crippen LogP) is 14.9. The molecule has 4 fully saturated rings. The minimum Gasteiger partial charge on any atom is -0.444 e. The normalized spacial score (nSPS) is 23.1. The fourth-order valence-electron chi connectivity index (χ4n) is 11.6. The van der Waals surface area contributed by atoms with Crippen molar-refractivity contribution in [2.24, 2.45) is 0 Å². The molecular weight excluding hydrogens is 1100 g/mol. The molecule has 1 aliphatic heterocycles. The van der Waals surface area contributed by atoms with Crippen molar-refractivity contribution in [2.45, 2.75) is 199 Å². The summed E-state index contributed by atoms with van der Waals surface area (Å²) in [6.45, 7) is 16.8. The Bertz CT molecular complexity index is 2820. The zero-order valence-electron chi connectivity index (χ0n) is 50.9. The second-order valence-electron chi connectivity index (χ2n) is 25.7. The smallest absolute Gasteiger partial charge is 0.407 e. The zero-order chi connectivity index (χ0) is 60.8. The van der Waals surface area contributed by atoms with Gasteiger partial charge in [0.2, 0.25) is 0 Å². The molecular formula is C71H89N3O9S2. The fraction of sp³-hybridized carbons (Fsp3) is 0.451. The van der Waals surface area contributed by atoms with Crippen molar-refractivity contribution in [3.8, 4) is 0 Å². The summed E-state index contributed by atoms with van der Waals surface area (Å²) >= 11 is 3.60. The molecule has 0 aromatic heterocycles. The van der Waals surface area contributed by atoms with Gasteiger partial charge in [-0.2, -0.15) is 0 Å². The van der Waals surface area contributed by atoms with E-state index >= 15 is 0 Å². The number of rotatable bonds is 13. The Kier molecular flexibility index (Phi) is 22.0. The lowest BCUT2D eigenvalue weighted by atomic mass is 9.84. The van der Waals surface area contributed by atoms with Gasteiger partial charge < -0.3 is 45.1 Å². The van der Waals surface area contributed by atoms with E-state index in [2.05, 4.69) is 162 Å². The number of epoxide rings is 1. The van der Waals surface area contributed by atoms with Crippen LogP contribution >= 0.6 is 23.5 Å². The molecule has 454 valence electrons. The molecule has 0 spiro atoms. The van der Waals surface area contributed by atoms with E-state index in [1.165, 1.54) is 16.7 Å². The van der Waals surface area contributed by atoms with Gasteiger partial charge in [-0.05, 0) is 153 Å². The van der Waals surface area contributed by atoms with Crippen LogP contribution in [-0.2, 0) is 28.4 Å². The minimum absolute atomic E-state index is 0.00676. The molecule has 5 N–H and O–H groups in total. The van der Waals surface area contributed by atoms with Crippen LogP contribution in [0.1, 0.15) is 153 Å². The van der Waals surface area contributed by atoms with Crippen molar-refractivity contribution in [2.75, 3.05) is 0 Å². The molecule has 1 saturated heterocycles. The number of ether oxygens (including phenoxy) is 4. The molecule has 9 atom stereocenters. The first-order valence-electron chi connectivity index (χ1n) is 30.2. The Hall–Kier alpha value is -6.29. The Labute approximate surface area is 513 Å². The summed E-state index contributed by atoms with van der Waals surface area (Å²) in [7, 11) is 0. The monoisotopic (exact) mass is 1190 g/mol.